The Labute approximate surface area is 397 Å². The number of fused-ring (bicyclic) bond motifs is 5. The number of hydrogen-bond acceptors (Lipinski definition) is 14. The van der Waals surface area contributed by atoms with E-state index in [1.807, 2.05) is 0 Å². The molecule has 0 aromatic heterocycles. The van der Waals surface area contributed by atoms with Crippen LogP contribution < -0.4 is 5.32 Å². The number of rotatable bonds is 11. The predicted octanol–water partition coefficient (Wildman–Crippen LogP) is 7.33. The van der Waals surface area contributed by atoms with Crippen molar-refractivity contribution in [3.63, 3.8) is 0 Å². The monoisotopic (exact) mass is 939 g/mol. The average molecular weight is 940 g/mol. The first-order chi connectivity index (χ1) is 32.4. The zero-order valence-corrected chi connectivity index (χ0v) is 39.6. The minimum Gasteiger partial charge on any atom is -0.459 e. The second kappa shape index (κ2) is 19.9. The summed E-state index contributed by atoms with van der Waals surface area (Å²) in [5.74, 6) is -5.72. The van der Waals surface area contributed by atoms with Crippen molar-refractivity contribution in [1.29, 1.82) is 0 Å². The number of carbonyl (C=O) groups is 6. The van der Waals surface area contributed by atoms with Crippen LogP contribution in [0.25, 0.3) is 0 Å². The summed E-state index contributed by atoms with van der Waals surface area (Å²) < 4.78 is 36.3. The number of aliphatic hydroxyl groups excluding tert-OH is 1. The molecule has 2 aromatic rings. The minimum atomic E-state index is -2.17. The number of ketones is 1. The highest BCUT2D eigenvalue weighted by molar-refractivity contribution is 5.96. The van der Waals surface area contributed by atoms with Crippen molar-refractivity contribution in [3.8, 4) is 0 Å². The van der Waals surface area contributed by atoms with E-state index in [1.54, 1.807) is 88.4 Å². The van der Waals surface area contributed by atoms with E-state index in [0.29, 0.717) is 18.4 Å². The van der Waals surface area contributed by atoms with Gasteiger partial charge in [-0.25, -0.2) is 9.59 Å². The van der Waals surface area contributed by atoms with Crippen LogP contribution in [0.3, 0.4) is 0 Å². The van der Waals surface area contributed by atoms with E-state index >= 15 is 9.59 Å². The summed E-state index contributed by atoms with van der Waals surface area (Å²) in [6.07, 6.45) is -0.415. The van der Waals surface area contributed by atoms with Gasteiger partial charge >= 0.3 is 24.1 Å². The lowest BCUT2D eigenvalue weighted by Crippen LogP contribution is -2.75. The normalized spacial score (nSPS) is 32.0. The van der Waals surface area contributed by atoms with E-state index in [2.05, 4.69) is 5.32 Å². The van der Waals surface area contributed by atoms with Crippen LogP contribution in [-0.4, -0.2) is 94.8 Å². The Morgan fingerprint density at radius 1 is 0.868 bits per heavy atom. The molecule has 68 heavy (non-hydrogen) atoms. The van der Waals surface area contributed by atoms with Crippen molar-refractivity contribution in [2.24, 2.45) is 28.6 Å². The van der Waals surface area contributed by atoms with Gasteiger partial charge in [0.2, 0.25) is 6.10 Å². The van der Waals surface area contributed by atoms with Crippen molar-refractivity contribution >= 4 is 35.8 Å². The van der Waals surface area contributed by atoms with E-state index in [1.165, 1.54) is 6.26 Å². The van der Waals surface area contributed by atoms with Crippen LogP contribution in [0.4, 0.5) is 4.79 Å². The number of Topliss-reactive ketones (excluding diaryl/α,β-unsaturated/α-hetero) is 1. The molecule has 1 saturated heterocycles. The Morgan fingerprint density at radius 2 is 1.51 bits per heavy atom. The molecule has 1 aliphatic heterocycles. The molecule has 1 amide bonds. The van der Waals surface area contributed by atoms with Gasteiger partial charge in [0.05, 0.1) is 36.4 Å². The smallest absolute Gasteiger partial charge is 0.459 e. The third-order valence-corrected chi connectivity index (χ3v) is 16.1. The molecule has 3 unspecified atom stereocenters. The maximum absolute atomic E-state index is 15.5. The number of ether oxygens (including phenoxy) is 6. The van der Waals surface area contributed by atoms with Gasteiger partial charge in [-0.3, -0.25) is 19.2 Å². The molecule has 5 aliphatic carbocycles. The van der Waals surface area contributed by atoms with E-state index in [4.69, 9.17) is 28.4 Å². The highest BCUT2D eigenvalue weighted by Gasteiger charge is 2.73. The number of benzene rings is 2. The first-order valence-electron chi connectivity index (χ1n) is 24.3. The molecule has 2 bridgehead atoms. The Hall–Kier alpha value is -5.38. The van der Waals surface area contributed by atoms with Gasteiger partial charge in [0.15, 0.2) is 11.9 Å². The number of esters is 3. The van der Waals surface area contributed by atoms with Gasteiger partial charge in [0, 0.05) is 42.6 Å². The van der Waals surface area contributed by atoms with Crippen LogP contribution in [0.2, 0.25) is 0 Å². The molecule has 15 nitrogen and oxygen atoms in total. The standard InChI is InChI=1S/C53H65NO14/c1-30-38(66-49(60)44(67-50(61)64-28-32-18-10-6-11-19-32)42(33-20-12-7-13-21-33)54-47(58)34-22-14-8-15-23-34)27-53(62)46(68-48(59)35-24-16-9-17-25-35)41-36-29-63-37(36)26-39(56)52(41,5)45(57)43(65-31(2)55)40(30)51(53,3)4/h7-8,12-15,20-23,28,35-39,41-44,46,56,62H,6,9-11,16-19,24-27,29H2,1-5H3,(H,54,58)/t36?,37?,38-,39-,41?,42-,43+,44+,46-,52+,53+/m0/s1. The molecule has 5 fully saturated rings. The van der Waals surface area contributed by atoms with Crippen molar-refractivity contribution in [2.45, 2.75) is 160 Å². The Morgan fingerprint density at radius 3 is 2.15 bits per heavy atom. The number of amides is 1. The zero-order valence-electron chi connectivity index (χ0n) is 39.6. The average Bonchev–Trinajstić information content (AvgIpc) is 3.32. The summed E-state index contributed by atoms with van der Waals surface area (Å²) in [5, 5.41) is 28.7. The second-order valence-corrected chi connectivity index (χ2v) is 20.4. The lowest BCUT2D eigenvalue weighted by atomic mass is 9.46. The highest BCUT2D eigenvalue weighted by Crippen LogP contribution is 2.62. The first-order valence-corrected chi connectivity index (χ1v) is 24.3. The van der Waals surface area contributed by atoms with Crippen LogP contribution in [0.5, 0.6) is 0 Å². The lowest BCUT2D eigenvalue weighted by molar-refractivity contribution is -0.283. The zero-order chi connectivity index (χ0) is 48.5. The molecule has 6 aliphatic rings. The van der Waals surface area contributed by atoms with Gasteiger partial charge in [-0.2, -0.15) is 0 Å². The van der Waals surface area contributed by atoms with Gasteiger partial charge in [0.1, 0.15) is 23.9 Å². The SMILES string of the molecule is CC(=O)O[C@H]1C(=O)[C@@]2(C)C(C3COC3C[C@@H]2O)[C@H](OC(=O)C2CCCCC2)[C@]2(O)C[C@H](OC(=O)[C@H](OC(=O)OC=C3CCCCC3)[C@@H](NC(=O)c3ccccc3)c3ccccc3)C(C)=C1C2(C)C. The van der Waals surface area contributed by atoms with E-state index in [9.17, 15) is 29.4 Å². The fourth-order valence-electron chi connectivity index (χ4n) is 12.0. The molecule has 11 atom stereocenters. The summed E-state index contributed by atoms with van der Waals surface area (Å²) in [6.45, 7) is 7.85. The van der Waals surface area contributed by atoms with Crippen molar-refractivity contribution in [1.82, 2.24) is 5.32 Å². The molecule has 3 N–H and O–H groups in total. The van der Waals surface area contributed by atoms with Crippen LogP contribution in [-0.2, 0) is 47.6 Å². The molecule has 0 spiro atoms. The maximum Gasteiger partial charge on any atom is 0.514 e. The van der Waals surface area contributed by atoms with Crippen LogP contribution in [0.15, 0.2) is 83.6 Å². The quantitative estimate of drug-likeness (QED) is 0.0873. The number of nitrogens with one attached hydrogen (secondary N) is 1. The summed E-state index contributed by atoms with van der Waals surface area (Å²) in [5.41, 5.74) is -3.50. The third kappa shape index (κ3) is 9.25. The van der Waals surface area contributed by atoms with Gasteiger partial charge in [-0.05, 0) is 86.8 Å². The van der Waals surface area contributed by atoms with Crippen molar-refractivity contribution < 1.29 is 67.4 Å². The molecule has 1 heterocycles. The maximum atomic E-state index is 15.5. The van der Waals surface area contributed by atoms with E-state index < -0.39 is 119 Å². The Kier molecular flexibility index (Phi) is 14.4. The highest BCUT2D eigenvalue weighted by atomic mass is 16.7. The third-order valence-electron chi connectivity index (χ3n) is 16.1. The summed E-state index contributed by atoms with van der Waals surface area (Å²) >= 11 is 0. The molecule has 0 radical (unpaired) electrons. The molecule has 15 heteroatoms. The van der Waals surface area contributed by atoms with Crippen molar-refractivity contribution in [3.05, 3.63) is 94.8 Å². The molecular weight excluding hydrogens is 875 g/mol. The molecule has 4 saturated carbocycles. The van der Waals surface area contributed by atoms with Gasteiger partial charge in [-0.15, -0.1) is 0 Å². The summed E-state index contributed by atoms with van der Waals surface area (Å²) in [6, 6.07) is 15.4. The van der Waals surface area contributed by atoms with Gasteiger partial charge in [-0.1, -0.05) is 88.1 Å². The number of hydrogen-bond donors (Lipinski definition) is 3. The van der Waals surface area contributed by atoms with Crippen LogP contribution in [0.1, 0.15) is 134 Å². The lowest BCUT2D eigenvalue weighted by Gasteiger charge is -2.64. The largest absolute Gasteiger partial charge is 0.514 e. The molecule has 8 rings (SSSR count). The number of allylic oxidation sites excluding steroid dienone is 1. The van der Waals surface area contributed by atoms with Gasteiger partial charge < -0.3 is 44.0 Å². The molecule has 2 aromatic carbocycles. The Balaban J connectivity index is 1.24. The van der Waals surface area contributed by atoms with Crippen LogP contribution >= 0.6 is 0 Å². The van der Waals surface area contributed by atoms with Crippen LogP contribution in [0, 0.1) is 28.6 Å². The Bertz CT molecular complexity index is 2300. The fourth-order valence-corrected chi connectivity index (χ4v) is 12.0. The fraction of sp³-hybridized carbons (Fsp3) is 0.585. The molecule has 366 valence electrons. The summed E-state index contributed by atoms with van der Waals surface area (Å²) in [4.78, 5) is 85.8. The van der Waals surface area contributed by atoms with E-state index in [-0.39, 0.29) is 29.7 Å². The first kappa shape index (κ1) is 49.1. The van der Waals surface area contributed by atoms with Crippen molar-refractivity contribution in [2.75, 3.05) is 6.61 Å². The number of carbonyl (C=O) groups excluding carboxylic acids is 6. The topological polar surface area (TPSA) is 210 Å². The second-order valence-electron chi connectivity index (χ2n) is 20.4. The number of aliphatic hydroxyl groups is 2. The molecular formula is C53H65NO14. The summed E-state index contributed by atoms with van der Waals surface area (Å²) in [7, 11) is 0. The van der Waals surface area contributed by atoms with Gasteiger partial charge in [0.25, 0.3) is 5.91 Å². The predicted molar refractivity (Wildman–Crippen MR) is 244 cm³/mol. The van der Waals surface area contributed by atoms with E-state index in [0.717, 1.165) is 63.9 Å². The minimum absolute atomic E-state index is 0.0872.